The molecule has 1 rings (SSSR count). The summed E-state index contributed by atoms with van der Waals surface area (Å²) in [5, 5.41) is 0.316. The molecule has 0 amide bonds. The number of methoxy groups -OCH3 is 2. The van der Waals surface area contributed by atoms with Crippen LogP contribution < -0.4 is 14.2 Å². The molecule has 108 valence electrons. The van der Waals surface area contributed by atoms with Gasteiger partial charge >= 0.3 is 0 Å². The molecular weight excluding hydrogens is 290 g/mol. The lowest BCUT2D eigenvalue weighted by molar-refractivity contribution is 0.396. The van der Waals surface area contributed by atoms with Crippen LogP contribution in [0.4, 0.5) is 5.69 Å². The summed E-state index contributed by atoms with van der Waals surface area (Å²) < 4.78 is 36.4. The summed E-state index contributed by atoms with van der Waals surface area (Å²) in [5.74, 6) is 0.854. The summed E-state index contributed by atoms with van der Waals surface area (Å²) in [7, 11) is -0.466. The highest BCUT2D eigenvalue weighted by Gasteiger charge is 2.15. The van der Waals surface area contributed by atoms with Crippen LogP contribution in [0.5, 0.6) is 11.5 Å². The van der Waals surface area contributed by atoms with Crippen molar-refractivity contribution >= 4 is 27.3 Å². The Hall–Kier alpha value is -1.14. The first-order valence-electron chi connectivity index (χ1n) is 5.85. The molecule has 0 aliphatic heterocycles. The van der Waals surface area contributed by atoms with Crippen molar-refractivity contribution in [1.82, 2.24) is 0 Å². The van der Waals surface area contributed by atoms with Crippen LogP contribution in [0, 0.1) is 0 Å². The van der Waals surface area contributed by atoms with Crippen molar-refractivity contribution in [1.29, 1.82) is 0 Å². The van der Waals surface area contributed by atoms with Crippen molar-refractivity contribution in [2.45, 2.75) is 19.8 Å². The lowest BCUT2D eigenvalue weighted by Crippen LogP contribution is -2.17. The van der Waals surface area contributed by atoms with E-state index in [4.69, 9.17) is 21.1 Å². The van der Waals surface area contributed by atoms with Gasteiger partial charge in [0.2, 0.25) is 10.0 Å². The van der Waals surface area contributed by atoms with Crippen LogP contribution in [-0.2, 0) is 10.0 Å². The zero-order valence-corrected chi connectivity index (χ0v) is 12.8. The second-order valence-corrected chi connectivity index (χ2v) is 6.21. The minimum Gasteiger partial charge on any atom is -0.495 e. The molecule has 0 spiro atoms. The normalized spacial score (nSPS) is 11.2. The summed E-state index contributed by atoms with van der Waals surface area (Å²) in [6.07, 6.45) is 1.41. The van der Waals surface area contributed by atoms with E-state index < -0.39 is 10.0 Å². The average molecular weight is 308 g/mol. The van der Waals surface area contributed by atoms with E-state index in [2.05, 4.69) is 4.72 Å². The van der Waals surface area contributed by atoms with Crippen LogP contribution in [0.2, 0.25) is 5.02 Å². The molecule has 1 aromatic carbocycles. The smallest absolute Gasteiger partial charge is 0.232 e. The van der Waals surface area contributed by atoms with Gasteiger partial charge in [0.25, 0.3) is 0 Å². The van der Waals surface area contributed by atoms with Crippen molar-refractivity contribution in [3.8, 4) is 11.5 Å². The number of anilines is 1. The second kappa shape index (κ2) is 6.86. The maximum Gasteiger partial charge on any atom is 0.232 e. The topological polar surface area (TPSA) is 64.6 Å². The zero-order valence-electron chi connectivity index (χ0n) is 11.2. The molecule has 0 atom stereocenters. The third kappa shape index (κ3) is 4.47. The average Bonchev–Trinajstić information content (AvgIpc) is 2.36. The van der Waals surface area contributed by atoms with Gasteiger partial charge in [0.05, 0.1) is 30.7 Å². The van der Waals surface area contributed by atoms with E-state index in [1.807, 2.05) is 6.92 Å². The number of unbranched alkanes of at least 4 members (excludes halogenated alkanes) is 1. The molecule has 0 fully saturated rings. The summed E-state index contributed by atoms with van der Waals surface area (Å²) in [5.41, 5.74) is 0.310. The molecule has 1 N–H and O–H groups in total. The number of benzene rings is 1. The molecule has 0 aromatic heterocycles. The number of sulfonamides is 1. The maximum atomic E-state index is 11.9. The number of hydrogen-bond donors (Lipinski definition) is 1. The molecule has 0 unspecified atom stereocenters. The standard InChI is InChI=1S/C12H18ClNO4S/c1-4-5-6-19(15,16)14-10-7-9(13)11(17-2)8-12(10)18-3/h7-8,14H,4-6H2,1-3H3. The van der Waals surface area contributed by atoms with Crippen LogP contribution >= 0.6 is 11.6 Å². The quantitative estimate of drug-likeness (QED) is 0.841. The molecule has 0 heterocycles. The van der Waals surface area contributed by atoms with Gasteiger partial charge in [-0.25, -0.2) is 8.42 Å². The molecule has 5 nitrogen and oxygen atoms in total. The van der Waals surface area contributed by atoms with Gasteiger partial charge in [-0.1, -0.05) is 24.9 Å². The van der Waals surface area contributed by atoms with Gasteiger partial charge in [0.15, 0.2) is 0 Å². The first kappa shape index (κ1) is 15.9. The summed E-state index contributed by atoms with van der Waals surface area (Å²) in [6, 6.07) is 3.02. The second-order valence-electron chi connectivity index (χ2n) is 3.96. The van der Waals surface area contributed by atoms with E-state index in [0.717, 1.165) is 6.42 Å². The Morgan fingerprint density at radius 3 is 2.37 bits per heavy atom. The predicted octanol–water partition coefficient (Wildman–Crippen LogP) is 2.90. The number of rotatable bonds is 7. The van der Waals surface area contributed by atoms with Crippen LogP contribution in [0.3, 0.4) is 0 Å². The molecule has 19 heavy (non-hydrogen) atoms. The summed E-state index contributed by atoms with van der Waals surface area (Å²) in [4.78, 5) is 0. The van der Waals surface area contributed by atoms with E-state index in [1.54, 1.807) is 6.07 Å². The number of halogens is 1. The molecule has 1 aromatic rings. The van der Waals surface area contributed by atoms with Crippen molar-refractivity contribution in [3.05, 3.63) is 17.2 Å². The summed E-state index contributed by atoms with van der Waals surface area (Å²) in [6.45, 7) is 1.93. The Morgan fingerprint density at radius 1 is 1.21 bits per heavy atom. The highest BCUT2D eigenvalue weighted by Crippen LogP contribution is 2.36. The molecule has 0 saturated carbocycles. The molecule has 7 heteroatoms. The fraction of sp³-hybridized carbons (Fsp3) is 0.500. The van der Waals surface area contributed by atoms with E-state index in [1.165, 1.54) is 20.3 Å². The highest BCUT2D eigenvalue weighted by atomic mass is 35.5. The number of nitrogens with one attached hydrogen (secondary N) is 1. The van der Waals surface area contributed by atoms with Gasteiger partial charge in [-0.2, -0.15) is 0 Å². The lowest BCUT2D eigenvalue weighted by atomic mass is 10.3. The van der Waals surface area contributed by atoms with Crippen LogP contribution in [0.1, 0.15) is 19.8 Å². The minimum atomic E-state index is -3.40. The Labute approximate surface area is 118 Å². The summed E-state index contributed by atoms with van der Waals surface area (Å²) >= 11 is 5.98. The van der Waals surface area contributed by atoms with Crippen molar-refractivity contribution in [2.24, 2.45) is 0 Å². The van der Waals surface area contributed by atoms with E-state index in [0.29, 0.717) is 28.6 Å². The van der Waals surface area contributed by atoms with Crippen LogP contribution in [0.15, 0.2) is 12.1 Å². The third-order valence-corrected chi connectivity index (χ3v) is 4.16. The van der Waals surface area contributed by atoms with Gasteiger partial charge in [-0.05, 0) is 12.5 Å². The SMILES string of the molecule is CCCCS(=O)(=O)Nc1cc(Cl)c(OC)cc1OC. The van der Waals surface area contributed by atoms with Gasteiger partial charge in [0.1, 0.15) is 11.5 Å². The van der Waals surface area contributed by atoms with Gasteiger partial charge < -0.3 is 9.47 Å². The van der Waals surface area contributed by atoms with Crippen molar-refractivity contribution in [2.75, 3.05) is 24.7 Å². The molecule has 0 aliphatic carbocycles. The third-order valence-electron chi connectivity index (χ3n) is 2.51. The number of ether oxygens (including phenoxy) is 2. The van der Waals surface area contributed by atoms with Gasteiger partial charge in [-0.15, -0.1) is 0 Å². The Kier molecular flexibility index (Phi) is 5.75. The van der Waals surface area contributed by atoms with Gasteiger partial charge in [-0.3, -0.25) is 4.72 Å². The Bertz CT molecular complexity index is 531. The Balaban J connectivity index is 3.03. The monoisotopic (exact) mass is 307 g/mol. The van der Waals surface area contributed by atoms with E-state index >= 15 is 0 Å². The van der Waals surface area contributed by atoms with E-state index in [-0.39, 0.29) is 5.75 Å². The maximum absolute atomic E-state index is 11.9. The van der Waals surface area contributed by atoms with Gasteiger partial charge in [0, 0.05) is 6.07 Å². The van der Waals surface area contributed by atoms with Crippen molar-refractivity contribution < 1.29 is 17.9 Å². The molecule has 0 aliphatic rings. The largest absolute Gasteiger partial charge is 0.495 e. The fourth-order valence-corrected chi connectivity index (χ4v) is 3.00. The number of hydrogen-bond acceptors (Lipinski definition) is 4. The van der Waals surface area contributed by atoms with Crippen LogP contribution in [-0.4, -0.2) is 28.4 Å². The molecular formula is C12H18ClNO4S. The first-order chi connectivity index (χ1) is 8.93. The minimum absolute atomic E-state index is 0.0658. The molecule has 0 saturated heterocycles. The molecule has 0 bridgehead atoms. The fourth-order valence-electron chi connectivity index (χ4n) is 1.49. The molecule has 0 radical (unpaired) electrons. The van der Waals surface area contributed by atoms with E-state index in [9.17, 15) is 8.42 Å². The highest BCUT2D eigenvalue weighted by molar-refractivity contribution is 7.92. The Morgan fingerprint density at radius 2 is 1.84 bits per heavy atom. The van der Waals surface area contributed by atoms with Crippen LogP contribution in [0.25, 0.3) is 0 Å². The van der Waals surface area contributed by atoms with Crippen molar-refractivity contribution in [3.63, 3.8) is 0 Å². The first-order valence-corrected chi connectivity index (χ1v) is 7.88. The predicted molar refractivity (Wildman–Crippen MR) is 76.9 cm³/mol. The zero-order chi connectivity index (χ0) is 14.5. The lowest BCUT2D eigenvalue weighted by Gasteiger charge is -2.14.